The summed E-state index contributed by atoms with van der Waals surface area (Å²) in [5.41, 5.74) is -0.467. The third-order valence-corrected chi connectivity index (χ3v) is 3.14. The van der Waals surface area contributed by atoms with Crippen LogP contribution in [-0.4, -0.2) is 66.8 Å². The van der Waals surface area contributed by atoms with Gasteiger partial charge in [-0.3, -0.25) is 4.90 Å². The van der Waals surface area contributed by atoms with Gasteiger partial charge in [0.1, 0.15) is 5.60 Å². The molecule has 1 amide bonds. The Bertz CT molecular complexity index is 401. The van der Waals surface area contributed by atoms with Gasteiger partial charge in [0.05, 0.1) is 6.61 Å². The Morgan fingerprint density at radius 1 is 1.14 bits per heavy atom. The van der Waals surface area contributed by atoms with Gasteiger partial charge in [-0.05, 0) is 34.1 Å². The summed E-state index contributed by atoms with van der Waals surface area (Å²) in [7, 11) is 0. The Morgan fingerprint density at radius 2 is 1.86 bits per heavy atom. The van der Waals surface area contributed by atoms with E-state index >= 15 is 0 Å². The number of esters is 1. The lowest BCUT2D eigenvalue weighted by Crippen LogP contribution is -2.39. The lowest BCUT2D eigenvalue weighted by molar-refractivity contribution is -0.137. The summed E-state index contributed by atoms with van der Waals surface area (Å²) < 4.78 is 10.2. The first kappa shape index (κ1) is 18.5. The highest BCUT2D eigenvalue weighted by Gasteiger charge is 2.24. The van der Waals surface area contributed by atoms with Gasteiger partial charge >= 0.3 is 12.1 Å². The van der Waals surface area contributed by atoms with Gasteiger partial charge in [-0.2, -0.15) is 0 Å². The van der Waals surface area contributed by atoms with Crippen LogP contribution < -0.4 is 0 Å². The molecule has 0 aromatic carbocycles. The molecule has 0 unspecified atom stereocenters. The van der Waals surface area contributed by atoms with Crippen molar-refractivity contribution < 1.29 is 19.1 Å². The second-order valence-electron chi connectivity index (χ2n) is 6.28. The standard InChI is InChI=1S/C16H28N2O4/c1-5-21-14(19)8-6-9-17-10-7-11-18(13-12-17)15(20)22-16(2,3)4/h6,8H,5,7,9-13H2,1-4H3/b8-6+. The summed E-state index contributed by atoms with van der Waals surface area (Å²) in [6.45, 7) is 11.5. The number of ether oxygens (including phenoxy) is 2. The van der Waals surface area contributed by atoms with Crippen molar-refractivity contribution in [3.63, 3.8) is 0 Å². The first-order valence-electron chi connectivity index (χ1n) is 7.85. The number of rotatable bonds is 4. The van der Waals surface area contributed by atoms with Crippen LogP contribution in [0.2, 0.25) is 0 Å². The molecule has 1 fully saturated rings. The van der Waals surface area contributed by atoms with E-state index in [9.17, 15) is 9.59 Å². The van der Waals surface area contributed by atoms with Crippen molar-refractivity contribution in [3.05, 3.63) is 12.2 Å². The van der Waals surface area contributed by atoms with Crippen molar-refractivity contribution in [1.29, 1.82) is 0 Å². The molecular weight excluding hydrogens is 284 g/mol. The van der Waals surface area contributed by atoms with Gasteiger partial charge in [-0.1, -0.05) is 6.08 Å². The minimum Gasteiger partial charge on any atom is -0.463 e. The first-order chi connectivity index (χ1) is 10.3. The summed E-state index contributed by atoms with van der Waals surface area (Å²) in [6, 6.07) is 0. The van der Waals surface area contributed by atoms with Crippen LogP contribution in [0.5, 0.6) is 0 Å². The van der Waals surface area contributed by atoms with Gasteiger partial charge in [-0.15, -0.1) is 0 Å². The highest BCUT2D eigenvalue weighted by atomic mass is 16.6. The topological polar surface area (TPSA) is 59.1 Å². The Morgan fingerprint density at radius 3 is 2.50 bits per heavy atom. The molecule has 0 aromatic rings. The van der Waals surface area contributed by atoms with Crippen molar-refractivity contribution in [1.82, 2.24) is 9.80 Å². The monoisotopic (exact) mass is 312 g/mol. The maximum absolute atomic E-state index is 12.1. The number of hydrogen-bond donors (Lipinski definition) is 0. The molecule has 6 heteroatoms. The van der Waals surface area contributed by atoms with Crippen LogP contribution in [0, 0.1) is 0 Å². The number of carbonyl (C=O) groups is 2. The fourth-order valence-corrected chi connectivity index (χ4v) is 2.15. The summed E-state index contributed by atoms with van der Waals surface area (Å²) in [5, 5.41) is 0. The summed E-state index contributed by atoms with van der Waals surface area (Å²) >= 11 is 0. The quantitative estimate of drug-likeness (QED) is 0.587. The molecule has 1 rings (SSSR count). The number of nitrogens with zero attached hydrogens (tertiary/aromatic N) is 2. The van der Waals surface area contributed by atoms with E-state index in [2.05, 4.69) is 4.90 Å². The zero-order chi connectivity index (χ0) is 16.6. The van der Waals surface area contributed by atoms with Crippen molar-refractivity contribution in [3.8, 4) is 0 Å². The van der Waals surface area contributed by atoms with E-state index in [0.717, 1.165) is 19.5 Å². The normalized spacial score (nSPS) is 17.4. The lowest BCUT2D eigenvalue weighted by Gasteiger charge is -2.26. The summed E-state index contributed by atoms with van der Waals surface area (Å²) in [5.74, 6) is -0.312. The fraction of sp³-hybridized carbons (Fsp3) is 0.750. The van der Waals surface area contributed by atoms with E-state index in [-0.39, 0.29) is 12.1 Å². The molecule has 0 saturated carbocycles. The van der Waals surface area contributed by atoms with Crippen LogP contribution in [0.25, 0.3) is 0 Å². The van der Waals surface area contributed by atoms with Gasteiger partial charge in [-0.25, -0.2) is 9.59 Å². The zero-order valence-corrected chi connectivity index (χ0v) is 14.1. The summed E-state index contributed by atoms with van der Waals surface area (Å²) in [4.78, 5) is 27.2. The molecule has 1 heterocycles. The van der Waals surface area contributed by atoms with E-state index in [4.69, 9.17) is 9.47 Å². The molecule has 1 aliphatic rings. The molecule has 126 valence electrons. The molecule has 0 atom stereocenters. The van der Waals surface area contributed by atoms with Crippen LogP contribution in [-0.2, 0) is 14.3 Å². The number of carbonyl (C=O) groups excluding carboxylic acids is 2. The van der Waals surface area contributed by atoms with Crippen LogP contribution in [0.4, 0.5) is 4.79 Å². The molecule has 1 saturated heterocycles. The molecule has 6 nitrogen and oxygen atoms in total. The van der Waals surface area contributed by atoms with Crippen LogP contribution in [0.15, 0.2) is 12.2 Å². The van der Waals surface area contributed by atoms with E-state index in [1.54, 1.807) is 17.9 Å². The Balaban J connectivity index is 2.39. The lowest BCUT2D eigenvalue weighted by atomic mass is 10.2. The minimum absolute atomic E-state index is 0.253. The molecule has 0 bridgehead atoms. The highest BCUT2D eigenvalue weighted by molar-refractivity contribution is 5.81. The van der Waals surface area contributed by atoms with E-state index in [1.165, 1.54) is 6.08 Å². The smallest absolute Gasteiger partial charge is 0.410 e. The summed E-state index contributed by atoms with van der Waals surface area (Å²) in [6.07, 6.45) is 3.91. The Hall–Kier alpha value is -1.56. The second-order valence-corrected chi connectivity index (χ2v) is 6.28. The van der Waals surface area contributed by atoms with Gasteiger partial charge in [0.15, 0.2) is 0 Å². The third-order valence-electron chi connectivity index (χ3n) is 3.14. The molecule has 0 spiro atoms. The Labute approximate surface area is 133 Å². The van der Waals surface area contributed by atoms with Gasteiger partial charge in [0.2, 0.25) is 0 Å². The molecule has 0 radical (unpaired) electrons. The van der Waals surface area contributed by atoms with Crippen molar-refractivity contribution >= 4 is 12.1 Å². The van der Waals surface area contributed by atoms with Gasteiger partial charge in [0.25, 0.3) is 0 Å². The molecule has 0 aliphatic carbocycles. The molecule has 22 heavy (non-hydrogen) atoms. The van der Waals surface area contributed by atoms with Gasteiger partial charge < -0.3 is 14.4 Å². The van der Waals surface area contributed by atoms with E-state index in [1.807, 2.05) is 20.8 Å². The highest BCUT2D eigenvalue weighted by Crippen LogP contribution is 2.12. The molecule has 0 N–H and O–H groups in total. The Kier molecular flexibility index (Phi) is 7.38. The predicted molar refractivity (Wildman–Crippen MR) is 84.6 cm³/mol. The maximum Gasteiger partial charge on any atom is 0.410 e. The molecule has 1 aliphatic heterocycles. The fourth-order valence-electron chi connectivity index (χ4n) is 2.15. The van der Waals surface area contributed by atoms with Crippen molar-refractivity contribution in [2.24, 2.45) is 0 Å². The average molecular weight is 312 g/mol. The minimum atomic E-state index is -0.467. The van der Waals surface area contributed by atoms with Crippen LogP contribution >= 0.6 is 0 Å². The van der Waals surface area contributed by atoms with Crippen molar-refractivity contribution in [2.45, 2.75) is 39.7 Å². The molecule has 0 aromatic heterocycles. The zero-order valence-electron chi connectivity index (χ0n) is 14.1. The van der Waals surface area contributed by atoms with E-state index in [0.29, 0.717) is 26.2 Å². The molecular formula is C16H28N2O4. The largest absolute Gasteiger partial charge is 0.463 e. The number of amides is 1. The first-order valence-corrected chi connectivity index (χ1v) is 7.85. The second kappa shape index (κ2) is 8.78. The van der Waals surface area contributed by atoms with Crippen LogP contribution in [0.3, 0.4) is 0 Å². The third kappa shape index (κ3) is 7.45. The van der Waals surface area contributed by atoms with Crippen LogP contribution in [0.1, 0.15) is 34.1 Å². The number of hydrogen-bond acceptors (Lipinski definition) is 5. The average Bonchev–Trinajstić information content (AvgIpc) is 2.63. The van der Waals surface area contributed by atoms with Crippen molar-refractivity contribution in [2.75, 3.05) is 39.3 Å². The maximum atomic E-state index is 12.1. The SMILES string of the molecule is CCOC(=O)/C=C/CN1CCCN(C(=O)OC(C)(C)C)CC1. The van der Waals surface area contributed by atoms with E-state index < -0.39 is 5.60 Å². The predicted octanol–water partition coefficient (Wildman–Crippen LogP) is 2.05. The van der Waals surface area contributed by atoms with Gasteiger partial charge in [0, 0.05) is 38.8 Å².